The molecule has 0 saturated heterocycles. The maximum Gasteiger partial charge on any atom is 0.313 e. The standard InChI is InChI=1S/C16H20N2O3/c1-2-11-3-6-13(7-4-11)17-15(20)16(21)18-14-8-5-12(9-14)10-19/h3-8,12,14,19H,2,9-10H2,1H3,(H,17,20)(H,18,21)/t12-,14+/m0/s1. The van der Waals surface area contributed by atoms with Crippen LogP contribution in [0.25, 0.3) is 0 Å². The molecule has 0 aliphatic heterocycles. The van der Waals surface area contributed by atoms with Gasteiger partial charge in [-0.05, 0) is 30.5 Å². The average Bonchev–Trinajstić information content (AvgIpc) is 2.95. The number of carbonyl (C=O) groups excluding carboxylic acids is 2. The normalized spacial score (nSPS) is 20.3. The summed E-state index contributed by atoms with van der Waals surface area (Å²) in [6.45, 7) is 2.11. The zero-order valence-corrected chi connectivity index (χ0v) is 12.0. The number of nitrogens with one attached hydrogen (secondary N) is 2. The lowest BCUT2D eigenvalue weighted by molar-refractivity contribution is -0.136. The number of aliphatic hydroxyl groups is 1. The second kappa shape index (κ2) is 7.04. The zero-order valence-electron chi connectivity index (χ0n) is 12.0. The van der Waals surface area contributed by atoms with Crippen molar-refractivity contribution in [1.29, 1.82) is 0 Å². The summed E-state index contributed by atoms with van der Waals surface area (Å²) in [6, 6.07) is 7.20. The van der Waals surface area contributed by atoms with E-state index in [2.05, 4.69) is 17.6 Å². The maximum atomic E-state index is 11.8. The van der Waals surface area contributed by atoms with E-state index in [0.717, 1.165) is 6.42 Å². The van der Waals surface area contributed by atoms with Crippen molar-refractivity contribution in [1.82, 2.24) is 5.32 Å². The van der Waals surface area contributed by atoms with Crippen molar-refractivity contribution in [3.05, 3.63) is 42.0 Å². The Morgan fingerprint density at radius 3 is 2.48 bits per heavy atom. The molecule has 0 heterocycles. The van der Waals surface area contributed by atoms with Gasteiger partial charge in [-0.1, -0.05) is 31.2 Å². The molecule has 0 fully saturated rings. The van der Waals surface area contributed by atoms with Crippen LogP contribution in [0.15, 0.2) is 36.4 Å². The third kappa shape index (κ3) is 4.16. The van der Waals surface area contributed by atoms with Crippen LogP contribution >= 0.6 is 0 Å². The Morgan fingerprint density at radius 2 is 1.90 bits per heavy atom. The lowest BCUT2D eigenvalue weighted by Gasteiger charge is -2.12. The Kier molecular flexibility index (Phi) is 5.11. The highest BCUT2D eigenvalue weighted by molar-refractivity contribution is 6.39. The summed E-state index contributed by atoms with van der Waals surface area (Å²) in [5.41, 5.74) is 1.77. The molecule has 0 aromatic heterocycles. The first-order chi connectivity index (χ1) is 10.1. The molecule has 0 bridgehead atoms. The molecule has 2 amide bonds. The first-order valence-corrected chi connectivity index (χ1v) is 7.12. The molecule has 21 heavy (non-hydrogen) atoms. The lowest BCUT2D eigenvalue weighted by Crippen LogP contribution is -2.40. The fraction of sp³-hybridized carbons (Fsp3) is 0.375. The molecule has 0 radical (unpaired) electrons. The van der Waals surface area contributed by atoms with Gasteiger partial charge < -0.3 is 15.7 Å². The van der Waals surface area contributed by atoms with Crippen LogP contribution in [-0.4, -0.2) is 29.6 Å². The summed E-state index contributed by atoms with van der Waals surface area (Å²) in [4.78, 5) is 23.6. The minimum atomic E-state index is -0.680. The highest BCUT2D eigenvalue weighted by atomic mass is 16.3. The average molecular weight is 288 g/mol. The van der Waals surface area contributed by atoms with E-state index < -0.39 is 11.8 Å². The number of aliphatic hydroxyl groups excluding tert-OH is 1. The molecule has 5 nitrogen and oxygen atoms in total. The predicted octanol–water partition coefficient (Wildman–Crippen LogP) is 1.24. The predicted molar refractivity (Wildman–Crippen MR) is 80.7 cm³/mol. The minimum absolute atomic E-state index is 0.0544. The number of aryl methyl sites for hydroxylation is 1. The smallest absolute Gasteiger partial charge is 0.313 e. The van der Waals surface area contributed by atoms with E-state index in [1.165, 1.54) is 5.56 Å². The fourth-order valence-corrected chi connectivity index (χ4v) is 2.26. The Balaban J connectivity index is 1.85. The van der Waals surface area contributed by atoms with E-state index in [0.29, 0.717) is 12.1 Å². The Labute approximate surface area is 124 Å². The van der Waals surface area contributed by atoms with Crippen LogP contribution in [0.2, 0.25) is 0 Å². The van der Waals surface area contributed by atoms with Crippen molar-refractivity contribution in [2.45, 2.75) is 25.8 Å². The maximum absolute atomic E-state index is 11.8. The van der Waals surface area contributed by atoms with Gasteiger partial charge >= 0.3 is 11.8 Å². The van der Waals surface area contributed by atoms with Gasteiger partial charge in [0, 0.05) is 24.3 Å². The van der Waals surface area contributed by atoms with Gasteiger partial charge in [-0.15, -0.1) is 0 Å². The lowest BCUT2D eigenvalue weighted by atomic mass is 10.1. The SMILES string of the molecule is CCc1ccc(NC(=O)C(=O)N[C@@H]2C=C[C@H](CO)C2)cc1. The summed E-state index contributed by atoms with van der Waals surface area (Å²) < 4.78 is 0. The van der Waals surface area contributed by atoms with Gasteiger partial charge in [0.15, 0.2) is 0 Å². The van der Waals surface area contributed by atoms with Gasteiger partial charge in [0.05, 0.1) is 0 Å². The van der Waals surface area contributed by atoms with Crippen molar-refractivity contribution in [2.75, 3.05) is 11.9 Å². The summed E-state index contributed by atoms with van der Waals surface area (Å²) in [6.07, 6.45) is 5.21. The highest BCUT2D eigenvalue weighted by Crippen LogP contribution is 2.17. The van der Waals surface area contributed by atoms with Crippen LogP contribution in [0.5, 0.6) is 0 Å². The second-order valence-corrected chi connectivity index (χ2v) is 5.15. The number of carbonyl (C=O) groups is 2. The molecule has 2 atom stereocenters. The Bertz CT molecular complexity index is 537. The molecular formula is C16H20N2O3. The number of hydrogen-bond donors (Lipinski definition) is 3. The van der Waals surface area contributed by atoms with Gasteiger partial charge in [0.1, 0.15) is 0 Å². The van der Waals surface area contributed by atoms with E-state index in [-0.39, 0.29) is 18.6 Å². The minimum Gasteiger partial charge on any atom is -0.396 e. The third-order valence-electron chi connectivity index (χ3n) is 3.55. The number of hydrogen-bond acceptors (Lipinski definition) is 3. The topological polar surface area (TPSA) is 78.4 Å². The quantitative estimate of drug-likeness (QED) is 0.576. The molecule has 0 saturated carbocycles. The summed E-state index contributed by atoms with van der Waals surface area (Å²) >= 11 is 0. The summed E-state index contributed by atoms with van der Waals surface area (Å²) in [5, 5.41) is 14.2. The van der Waals surface area contributed by atoms with Gasteiger partial charge in [0.2, 0.25) is 0 Å². The molecule has 112 valence electrons. The highest BCUT2D eigenvalue weighted by Gasteiger charge is 2.22. The van der Waals surface area contributed by atoms with Crippen LogP contribution in [0.1, 0.15) is 18.9 Å². The largest absolute Gasteiger partial charge is 0.396 e. The summed E-state index contributed by atoms with van der Waals surface area (Å²) in [7, 11) is 0. The Hall–Kier alpha value is -2.14. The fourth-order valence-electron chi connectivity index (χ4n) is 2.26. The molecule has 1 aromatic rings. The van der Waals surface area contributed by atoms with Crippen LogP contribution < -0.4 is 10.6 Å². The molecule has 0 unspecified atom stereocenters. The number of rotatable bonds is 4. The molecule has 1 aliphatic rings. The third-order valence-corrected chi connectivity index (χ3v) is 3.55. The molecular weight excluding hydrogens is 268 g/mol. The van der Waals surface area contributed by atoms with Gasteiger partial charge in [0.25, 0.3) is 0 Å². The van der Waals surface area contributed by atoms with E-state index in [4.69, 9.17) is 5.11 Å². The number of amides is 2. The number of anilines is 1. The molecule has 1 aliphatic carbocycles. The van der Waals surface area contributed by atoms with Gasteiger partial charge in [-0.3, -0.25) is 9.59 Å². The molecule has 0 spiro atoms. The van der Waals surface area contributed by atoms with Gasteiger partial charge in [-0.25, -0.2) is 0 Å². The zero-order chi connectivity index (χ0) is 15.2. The van der Waals surface area contributed by atoms with Crippen molar-refractivity contribution in [3.63, 3.8) is 0 Å². The van der Waals surface area contributed by atoms with E-state index in [9.17, 15) is 9.59 Å². The Morgan fingerprint density at radius 1 is 1.19 bits per heavy atom. The van der Waals surface area contributed by atoms with Crippen molar-refractivity contribution in [2.24, 2.45) is 5.92 Å². The van der Waals surface area contributed by atoms with Crippen molar-refractivity contribution >= 4 is 17.5 Å². The first-order valence-electron chi connectivity index (χ1n) is 7.12. The van der Waals surface area contributed by atoms with Crippen LogP contribution in [-0.2, 0) is 16.0 Å². The molecule has 1 aromatic carbocycles. The van der Waals surface area contributed by atoms with Gasteiger partial charge in [-0.2, -0.15) is 0 Å². The number of benzene rings is 1. The van der Waals surface area contributed by atoms with E-state index in [1.54, 1.807) is 12.1 Å². The van der Waals surface area contributed by atoms with Crippen LogP contribution in [0.4, 0.5) is 5.69 Å². The molecule has 2 rings (SSSR count). The summed E-state index contributed by atoms with van der Waals surface area (Å²) in [5.74, 6) is -1.29. The van der Waals surface area contributed by atoms with E-state index >= 15 is 0 Å². The van der Waals surface area contributed by atoms with Crippen LogP contribution in [0.3, 0.4) is 0 Å². The van der Waals surface area contributed by atoms with E-state index in [1.807, 2.05) is 24.3 Å². The van der Waals surface area contributed by atoms with Crippen molar-refractivity contribution in [3.8, 4) is 0 Å². The first kappa shape index (κ1) is 15.3. The van der Waals surface area contributed by atoms with Crippen LogP contribution in [0, 0.1) is 5.92 Å². The van der Waals surface area contributed by atoms with Crippen molar-refractivity contribution < 1.29 is 14.7 Å². The molecule has 5 heteroatoms. The molecule has 3 N–H and O–H groups in total. The second-order valence-electron chi connectivity index (χ2n) is 5.15. The monoisotopic (exact) mass is 288 g/mol.